The molecule has 2 aromatic carbocycles. The highest BCUT2D eigenvalue weighted by molar-refractivity contribution is 5.86. The van der Waals surface area contributed by atoms with Crippen LogP contribution in [0.25, 0.3) is 27.6 Å². The summed E-state index contributed by atoms with van der Waals surface area (Å²) in [5.41, 5.74) is 7.85. The average molecular weight is 387 g/mol. The molecule has 1 aliphatic heterocycles. The van der Waals surface area contributed by atoms with Crippen LogP contribution in [0.15, 0.2) is 54.6 Å². The zero-order chi connectivity index (χ0) is 19.8. The molecule has 29 heavy (non-hydrogen) atoms. The second-order valence-electron chi connectivity index (χ2n) is 8.75. The molecule has 0 unspecified atom stereocenters. The first-order valence-electron chi connectivity index (χ1n) is 11.0. The van der Waals surface area contributed by atoms with Gasteiger partial charge >= 0.3 is 0 Å². The summed E-state index contributed by atoms with van der Waals surface area (Å²) in [6.45, 7) is 3.36. The maximum absolute atomic E-state index is 9.52. The van der Waals surface area contributed by atoms with Crippen LogP contribution in [0.5, 0.6) is 0 Å². The number of benzene rings is 2. The van der Waals surface area contributed by atoms with E-state index in [0.29, 0.717) is 12.1 Å². The molecule has 0 amide bonds. The third kappa shape index (κ3) is 3.65. The van der Waals surface area contributed by atoms with Gasteiger partial charge in [-0.05, 0) is 85.6 Å². The first-order chi connectivity index (χ1) is 14.2. The molecule has 2 heterocycles. The van der Waals surface area contributed by atoms with Crippen LogP contribution in [0.1, 0.15) is 50.3 Å². The maximum Gasteiger partial charge on any atom is 0.0587 e. The Kier molecular flexibility index (Phi) is 5.03. The van der Waals surface area contributed by atoms with Crippen molar-refractivity contribution in [3.8, 4) is 11.1 Å². The number of aromatic nitrogens is 1. The third-order valence-electron chi connectivity index (χ3n) is 6.75. The highest BCUT2D eigenvalue weighted by Crippen LogP contribution is 2.32. The Labute approximate surface area is 173 Å². The van der Waals surface area contributed by atoms with Gasteiger partial charge in [0.1, 0.15) is 0 Å². The van der Waals surface area contributed by atoms with Gasteiger partial charge in [0, 0.05) is 35.2 Å². The predicted octanol–water partition coefficient (Wildman–Crippen LogP) is 5.75. The fourth-order valence-electron chi connectivity index (χ4n) is 5.00. The van der Waals surface area contributed by atoms with E-state index in [4.69, 9.17) is 0 Å². The van der Waals surface area contributed by atoms with E-state index in [2.05, 4.69) is 71.4 Å². The van der Waals surface area contributed by atoms with E-state index in [-0.39, 0.29) is 6.61 Å². The summed E-state index contributed by atoms with van der Waals surface area (Å²) < 4.78 is 0. The van der Waals surface area contributed by atoms with Crippen LogP contribution in [0.3, 0.4) is 0 Å². The van der Waals surface area contributed by atoms with Crippen molar-refractivity contribution in [2.75, 3.05) is 6.61 Å². The Morgan fingerprint density at radius 3 is 2.69 bits per heavy atom. The molecule has 0 radical (unpaired) electrons. The summed E-state index contributed by atoms with van der Waals surface area (Å²) in [5.74, 6) is 0. The molecule has 2 aliphatic rings. The normalized spacial score (nSPS) is 22.5. The molecule has 1 saturated heterocycles. The topological polar surface area (TPSA) is 39.3 Å². The number of rotatable bonds is 5. The number of nitrogens with zero attached hydrogens (tertiary/aromatic N) is 1. The highest BCUT2D eigenvalue weighted by atomic mass is 16.3. The Hall–Kier alpha value is -2.36. The van der Waals surface area contributed by atoms with Crippen molar-refractivity contribution in [1.82, 2.24) is 9.88 Å². The van der Waals surface area contributed by atoms with Gasteiger partial charge in [-0.25, -0.2) is 0 Å². The molecule has 0 bridgehead atoms. The van der Waals surface area contributed by atoms with Crippen molar-refractivity contribution >= 4 is 16.5 Å². The monoisotopic (exact) mass is 386 g/mol. The fourth-order valence-corrected chi connectivity index (χ4v) is 5.00. The van der Waals surface area contributed by atoms with Gasteiger partial charge in [0.2, 0.25) is 0 Å². The SMILES string of the molecule is C[C@H]1C[C@H](CO)N1Cc1cc2cc(-c3cccc(C4=CCCCC4)c3)ccc2[nH]1. The molecule has 0 spiro atoms. The van der Waals surface area contributed by atoms with Crippen LogP contribution in [0, 0.1) is 0 Å². The van der Waals surface area contributed by atoms with Crippen molar-refractivity contribution in [1.29, 1.82) is 0 Å². The quantitative estimate of drug-likeness (QED) is 0.586. The third-order valence-corrected chi connectivity index (χ3v) is 6.75. The number of fused-ring (bicyclic) bond motifs is 1. The average Bonchev–Trinajstić information content (AvgIpc) is 3.18. The Morgan fingerprint density at radius 2 is 1.90 bits per heavy atom. The number of aliphatic hydroxyl groups is 1. The van der Waals surface area contributed by atoms with Gasteiger partial charge in [0.05, 0.1) is 6.61 Å². The fraction of sp³-hybridized carbons (Fsp3) is 0.385. The minimum absolute atomic E-state index is 0.251. The minimum Gasteiger partial charge on any atom is -0.395 e. The van der Waals surface area contributed by atoms with Gasteiger partial charge in [0.15, 0.2) is 0 Å². The molecular weight excluding hydrogens is 356 g/mol. The minimum atomic E-state index is 0.251. The molecule has 0 saturated carbocycles. The zero-order valence-electron chi connectivity index (χ0n) is 17.2. The second kappa shape index (κ2) is 7.81. The summed E-state index contributed by atoms with van der Waals surface area (Å²) >= 11 is 0. The lowest BCUT2D eigenvalue weighted by Crippen LogP contribution is -2.55. The van der Waals surface area contributed by atoms with E-state index in [9.17, 15) is 5.11 Å². The van der Waals surface area contributed by atoms with Crippen molar-refractivity contribution in [2.45, 2.75) is 57.7 Å². The van der Waals surface area contributed by atoms with Gasteiger partial charge in [0.25, 0.3) is 0 Å². The summed E-state index contributed by atoms with van der Waals surface area (Å²) in [6, 6.07) is 18.8. The van der Waals surface area contributed by atoms with Crippen molar-refractivity contribution in [3.63, 3.8) is 0 Å². The molecule has 2 atom stereocenters. The van der Waals surface area contributed by atoms with Gasteiger partial charge in [-0.1, -0.05) is 30.3 Å². The number of H-pyrrole nitrogens is 1. The molecule has 1 aliphatic carbocycles. The Bertz CT molecular complexity index is 1050. The van der Waals surface area contributed by atoms with Crippen LogP contribution < -0.4 is 0 Å². The summed E-state index contributed by atoms with van der Waals surface area (Å²) in [7, 11) is 0. The van der Waals surface area contributed by atoms with Crippen molar-refractivity contribution in [2.24, 2.45) is 0 Å². The number of hydrogen-bond donors (Lipinski definition) is 2. The standard InChI is InChI=1S/C26H30N2O/c1-18-12-25(17-29)28(18)16-24-15-23-14-22(10-11-26(23)27-24)21-9-5-8-20(13-21)19-6-3-2-4-7-19/h5-6,8-11,13-15,18,25,27,29H,2-4,7,12,16-17H2,1H3/t18-,25+/m0/s1. The molecule has 3 nitrogen and oxygen atoms in total. The van der Waals surface area contributed by atoms with Crippen molar-refractivity contribution < 1.29 is 5.11 Å². The number of aromatic amines is 1. The van der Waals surface area contributed by atoms with Gasteiger partial charge in [-0.3, -0.25) is 4.90 Å². The molecule has 1 fully saturated rings. The number of nitrogens with one attached hydrogen (secondary N) is 1. The Balaban J connectivity index is 1.41. The predicted molar refractivity (Wildman–Crippen MR) is 121 cm³/mol. The lowest BCUT2D eigenvalue weighted by atomic mass is 9.91. The van der Waals surface area contributed by atoms with Gasteiger partial charge in [-0.2, -0.15) is 0 Å². The van der Waals surface area contributed by atoms with Crippen LogP contribution in [0.4, 0.5) is 0 Å². The number of aliphatic hydroxyl groups excluding tert-OH is 1. The highest BCUT2D eigenvalue weighted by Gasteiger charge is 2.34. The smallest absolute Gasteiger partial charge is 0.0587 e. The van der Waals surface area contributed by atoms with Crippen LogP contribution in [0.2, 0.25) is 0 Å². The van der Waals surface area contributed by atoms with E-state index in [0.717, 1.165) is 13.0 Å². The van der Waals surface area contributed by atoms with Crippen LogP contribution in [-0.4, -0.2) is 33.7 Å². The summed E-state index contributed by atoms with van der Waals surface area (Å²) in [6.07, 6.45) is 8.55. The summed E-state index contributed by atoms with van der Waals surface area (Å²) in [4.78, 5) is 5.95. The van der Waals surface area contributed by atoms with E-state index in [1.807, 2.05) is 0 Å². The van der Waals surface area contributed by atoms with Crippen LogP contribution in [-0.2, 0) is 6.54 Å². The number of likely N-dealkylation sites (tertiary alicyclic amines) is 1. The largest absolute Gasteiger partial charge is 0.395 e. The van der Waals surface area contributed by atoms with Gasteiger partial charge in [-0.15, -0.1) is 0 Å². The second-order valence-corrected chi connectivity index (χ2v) is 8.75. The number of allylic oxidation sites excluding steroid dienone is 2. The van der Waals surface area contributed by atoms with Crippen LogP contribution >= 0.6 is 0 Å². The first kappa shape index (κ1) is 18.7. The lowest BCUT2D eigenvalue weighted by Gasteiger charge is -2.46. The molecule has 2 N–H and O–H groups in total. The zero-order valence-corrected chi connectivity index (χ0v) is 17.2. The van der Waals surface area contributed by atoms with E-state index >= 15 is 0 Å². The first-order valence-corrected chi connectivity index (χ1v) is 11.0. The van der Waals surface area contributed by atoms with E-state index < -0.39 is 0 Å². The molecule has 5 rings (SSSR count). The van der Waals surface area contributed by atoms with Gasteiger partial charge < -0.3 is 10.1 Å². The summed E-state index contributed by atoms with van der Waals surface area (Å²) in [5, 5.41) is 10.8. The van der Waals surface area contributed by atoms with E-state index in [1.54, 1.807) is 0 Å². The molecule has 3 aromatic rings. The molecule has 150 valence electrons. The van der Waals surface area contributed by atoms with E-state index in [1.165, 1.54) is 64.5 Å². The molecular formula is C26H30N2O. The van der Waals surface area contributed by atoms with Crippen molar-refractivity contribution in [3.05, 3.63) is 65.9 Å². The maximum atomic E-state index is 9.52. The number of hydrogen-bond acceptors (Lipinski definition) is 2. The molecule has 1 aromatic heterocycles. The Morgan fingerprint density at radius 1 is 1.03 bits per heavy atom. The molecule has 3 heteroatoms. The lowest BCUT2D eigenvalue weighted by molar-refractivity contribution is -0.0157.